The van der Waals surface area contributed by atoms with Crippen molar-refractivity contribution in [1.82, 2.24) is 10.7 Å². The van der Waals surface area contributed by atoms with Gasteiger partial charge in [0.05, 0.1) is 42.1 Å². The predicted molar refractivity (Wildman–Crippen MR) is 145 cm³/mol. The number of hydrogen-bond acceptors (Lipinski definition) is 7. The maximum absolute atomic E-state index is 12.5. The van der Waals surface area contributed by atoms with Crippen LogP contribution in [0.5, 0.6) is 17.2 Å². The summed E-state index contributed by atoms with van der Waals surface area (Å²) in [6, 6.07) is 15.8. The van der Waals surface area contributed by atoms with Crippen molar-refractivity contribution in [2.24, 2.45) is 5.10 Å². The van der Waals surface area contributed by atoms with Gasteiger partial charge in [-0.1, -0.05) is 30.1 Å². The highest BCUT2D eigenvalue weighted by atomic mass is 35.5. The summed E-state index contributed by atoms with van der Waals surface area (Å²) in [5.74, 6) is -0.399. The van der Waals surface area contributed by atoms with Crippen molar-refractivity contribution in [2.75, 3.05) is 20.3 Å². The third kappa shape index (κ3) is 8.22. The molecule has 0 atom stereocenters. The van der Waals surface area contributed by atoms with E-state index in [0.29, 0.717) is 34.3 Å². The first kappa shape index (κ1) is 28.5. The van der Waals surface area contributed by atoms with E-state index in [2.05, 4.69) is 15.8 Å². The SMILES string of the molecule is CCCOc1ccc(C(=O)Oc2ccc(/C=N\NC(=O)CNC(=O)c3ccc(Cl)c(Cl)c3)cc2OC)cc1. The van der Waals surface area contributed by atoms with Gasteiger partial charge in [-0.25, -0.2) is 10.2 Å². The first-order chi connectivity index (χ1) is 18.3. The number of ether oxygens (including phenoxy) is 3. The van der Waals surface area contributed by atoms with Crippen molar-refractivity contribution in [2.45, 2.75) is 13.3 Å². The highest BCUT2D eigenvalue weighted by molar-refractivity contribution is 6.42. The number of halogens is 2. The van der Waals surface area contributed by atoms with Gasteiger partial charge in [-0.2, -0.15) is 5.10 Å². The predicted octanol–water partition coefficient (Wildman–Crippen LogP) is 4.89. The van der Waals surface area contributed by atoms with Gasteiger partial charge >= 0.3 is 5.97 Å². The molecule has 0 radical (unpaired) electrons. The lowest BCUT2D eigenvalue weighted by Gasteiger charge is -2.10. The van der Waals surface area contributed by atoms with Crippen LogP contribution in [0.1, 0.15) is 39.6 Å². The molecule has 11 heteroatoms. The van der Waals surface area contributed by atoms with Crippen molar-refractivity contribution < 1.29 is 28.6 Å². The summed E-state index contributed by atoms with van der Waals surface area (Å²) in [4.78, 5) is 36.7. The Morgan fingerprint density at radius 1 is 0.921 bits per heavy atom. The molecular weight excluding hydrogens is 533 g/mol. The van der Waals surface area contributed by atoms with Gasteiger partial charge in [0.1, 0.15) is 5.75 Å². The molecule has 198 valence electrons. The lowest BCUT2D eigenvalue weighted by atomic mass is 10.2. The minimum Gasteiger partial charge on any atom is -0.494 e. The zero-order chi connectivity index (χ0) is 27.5. The van der Waals surface area contributed by atoms with E-state index in [9.17, 15) is 14.4 Å². The standard InChI is InChI=1S/C27H25Cl2N3O6/c1-3-12-37-20-8-5-18(6-9-20)27(35)38-23-11-4-17(13-24(23)36-2)15-31-32-25(33)16-30-26(34)19-7-10-21(28)22(29)14-19/h4-11,13-15H,3,12,16H2,1-2H3,(H,30,34)(H,32,33)/b31-15-. The minimum atomic E-state index is -0.554. The Bertz CT molecular complexity index is 1330. The molecule has 9 nitrogen and oxygen atoms in total. The fourth-order valence-electron chi connectivity index (χ4n) is 3.03. The van der Waals surface area contributed by atoms with Gasteiger partial charge in [-0.3, -0.25) is 9.59 Å². The lowest BCUT2D eigenvalue weighted by molar-refractivity contribution is -0.120. The number of hydrogen-bond donors (Lipinski definition) is 2. The van der Waals surface area contributed by atoms with E-state index < -0.39 is 17.8 Å². The van der Waals surface area contributed by atoms with Gasteiger partial charge < -0.3 is 19.5 Å². The second-order valence-electron chi connectivity index (χ2n) is 7.78. The van der Waals surface area contributed by atoms with Crippen LogP contribution in [0.3, 0.4) is 0 Å². The molecule has 2 amide bonds. The van der Waals surface area contributed by atoms with Gasteiger partial charge in [0.2, 0.25) is 0 Å². The highest BCUT2D eigenvalue weighted by Gasteiger charge is 2.13. The quantitative estimate of drug-likeness (QED) is 0.150. The fraction of sp³-hybridized carbons (Fsp3) is 0.185. The average Bonchev–Trinajstić information content (AvgIpc) is 2.93. The van der Waals surface area contributed by atoms with E-state index in [1.54, 1.807) is 42.5 Å². The van der Waals surface area contributed by atoms with Crippen LogP contribution < -0.4 is 25.0 Å². The number of benzene rings is 3. The molecule has 0 saturated heterocycles. The number of carbonyl (C=O) groups excluding carboxylic acids is 3. The molecule has 3 aromatic rings. The molecule has 0 aliphatic carbocycles. The molecule has 0 fully saturated rings. The van der Waals surface area contributed by atoms with Gasteiger partial charge in [0.25, 0.3) is 11.8 Å². The van der Waals surface area contributed by atoms with Crippen LogP contribution in [0, 0.1) is 0 Å². The summed E-state index contributed by atoms with van der Waals surface area (Å²) in [6.07, 6.45) is 2.26. The third-order valence-electron chi connectivity index (χ3n) is 4.95. The molecule has 0 aliphatic heterocycles. The zero-order valence-electron chi connectivity index (χ0n) is 20.6. The first-order valence-corrected chi connectivity index (χ1v) is 12.2. The van der Waals surface area contributed by atoms with Gasteiger partial charge in [0, 0.05) is 5.56 Å². The summed E-state index contributed by atoms with van der Waals surface area (Å²) < 4.78 is 16.3. The topological polar surface area (TPSA) is 115 Å². The van der Waals surface area contributed by atoms with Gasteiger partial charge in [-0.15, -0.1) is 0 Å². The van der Waals surface area contributed by atoms with E-state index in [1.807, 2.05) is 6.92 Å². The number of methoxy groups -OCH3 is 1. The molecule has 38 heavy (non-hydrogen) atoms. The van der Waals surface area contributed by atoms with Crippen LogP contribution in [0.2, 0.25) is 10.0 Å². The largest absolute Gasteiger partial charge is 0.494 e. The maximum atomic E-state index is 12.5. The number of nitrogens with zero attached hydrogens (tertiary/aromatic N) is 1. The summed E-state index contributed by atoms with van der Waals surface area (Å²) in [5, 5.41) is 6.89. The monoisotopic (exact) mass is 557 g/mol. The Balaban J connectivity index is 1.52. The molecule has 0 bridgehead atoms. The summed E-state index contributed by atoms with van der Waals surface area (Å²) in [5.41, 5.74) is 3.50. The minimum absolute atomic E-state index is 0.218. The highest BCUT2D eigenvalue weighted by Crippen LogP contribution is 2.28. The first-order valence-electron chi connectivity index (χ1n) is 11.5. The number of nitrogens with one attached hydrogen (secondary N) is 2. The zero-order valence-corrected chi connectivity index (χ0v) is 22.1. The smallest absolute Gasteiger partial charge is 0.343 e. The summed E-state index contributed by atoms with van der Waals surface area (Å²) in [6.45, 7) is 2.30. The van der Waals surface area contributed by atoms with Gasteiger partial charge in [-0.05, 0) is 72.6 Å². The molecule has 0 saturated carbocycles. The second-order valence-corrected chi connectivity index (χ2v) is 8.59. The van der Waals surface area contributed by atoms with E-state index in [1.165, 1.54) is 31.5 Å². The van der Waals surface area contributed by atoms with Crippen LogP contribution in [0.4, 0.5) is 0 Å². The number of esters is 1. The van der Waals surface area contributed by atoms with Crippen LogP contribution in [-0.2, 0) is 4.79 Å². The van der Waals surface area contributed by atoms with E-state index >= 15 is 0 Å². The second kappa shape index (κ2) is 14.0. The van der Waals surface area contributed by atoms with Crippen molar-refractivity contribution in [3.05, 3.63) is 87.4 Å². The number of amides is 2. The van der Waals surface area contributed by atoms with E-state index in [4.69, 9.17) is 37.4 Å². The van der Waals surface area contributed by atoms with Crippen molar-refractivity contribution in [1.29, 1.82) is 0 Å². The molecular formula is C27H25Cl2N3O6. The number of rotatable bonds is 11. The molecule has 0 aromatic heterocycles. The number of hydrazone groups is 1. The van der Waals surface area contributed by atoms with Gasteiger partial charge in [0.15, 0.2) is 11.5 Å². The maximum Gasteiger partial charge on any atom is 0.343 e. The van der Waals surface area contributed by atoms with E-state index in [0.717, 1.165) is 6.42 Å². The van der Waals surface area contributed by atoms with Crippen LogP contribution in [0.25, 0.3) is 0 Å². The Labute approximate surface area is 229 Å². The average molecular weight is 558 g/mol. The molecule has 0 aliphatic rings. The fourth-order valence-corrected chi connectivity index (χ4v) is 3.33. The van der Waals surface area contributed by atoms with Crippen molar-refractivity contribution >= 4 is 47.2 Å². The number of carbonyl (C=O) groups is 3. The molecule has 0 heterocycles. The Morgan fingerprint density at radius 2 is 1.66 bits per heavy atom. The molecule has 3 rings (SSSR count). The Kier molecular flexibility index (Phi) is 10.5. The van der Waals surface area contributed by atoms with Crippen molar-refractivity contribution in [3.8, 4) is 17.2 Å². The van der Waals surface area contributed by atoms with Crippen LogP contribution in [-0.4, -0.2) is 44.3 Å². The molecule has 2 N–H and O–H groups in total. The Morgan fingerprint density at radius 3 is 2.34 bits per heavy atom. The lowest BCUT2D eigenvalue weighted by Crippen LogP contribution is -2.34. The van der Waals surface area contributed by atoms with Crippen LogP contribution >= 0.6 is 23.2 Å². The molecule has 0 unspecified atom stereocenters. The molecule has 3 aromatic carbocycles. The van der Waals surface area contributed by atoms with E-state index in [-0.39, 0.29) is 22.9 Å². The summed E-state index contributed by atoms with van der Waals surface area (Å²) >= 11 is 11.7. The summed E-state index contributed by atoms with van der Waals surface area (Å²) in [7, 11) is 1.44. The van der Waals surface area contributed by atoms with Crippen molar-refractivity contribution in [3.63, 3.8) is 0 Å². The third-order valence-corrected chi connectivity index (χ3v) is 5.69. The molecule has 0 spiro atoms. The Hall–Kier alpha value is -4.08. The van der Waals surface area contributed by atoms with Crippen LogP contribution in [0.15, 0.2) is 65.8 Å². The normalized spacial score (nSPS) is 10.6.